The summed E-state index contributed by atoms with van der Waals surface area (Å²) in [6.45, 7) is 10.8. The summed E-state index contributed by atoms with van der Waals surface area (Å²) in [6.07, 6.45) is 5.11. The average Bonchev–Trinajstić information content (AvgIpc) is 3.51. The molecule has 2 fully saturated rings. The molecule has 0 radical (unpaired) electrons. The van der Waals surface area contributed by atoms with Crippen molar-refractivity contribution in [3.05, 3.63) is 48.6 Å². The number of Topliss-reactive ketones (excluding diaryl/α,β-unsaturated/α-hetero) is 1. The molecule has 2 aliphatic heterocycles. The van der Waals surface area contributed by atoms with Crippen molar-refractivity contribution in [1.82, 2.24) is 10.3 Å². The summed E-state index contributed by atoms with van der Waals surface area (Å²) in [5, 5.41) is 24.9. The molecule has 3 heterocycles. The Labute approximate surface area is 225 Å². The number of pyridine rings is 1. The van der Waals surface area contributed by atoms with Gasteiger partial charge in [-0.3, -0.25) is 14.6 Å². The fourth-order valence-electron chi connectivity index (χ4n) is 5.39. The zero-order chi connectivity index (χ0) is 28.1. The van der Waals surface area contributed by atoms with Gasteiger partial charge in [-0.2, -0.15) is 0 Å². The Hall–Kier alpha value is -2.42. The van der Waals surface area contributed by atoms with Crippen LogP contribution in [0.2, 0.25) is 0 Å². The van der Waals surface area contributed by atoms with E-state index in [0.717, 1.165) is 12.8 Å². The Morgan fingerprint density at radius 3 is 2.68 bits per heavy atom. The summed E-state index contributed by atoms with van der Waals surface area (Å²) >= 11 is 0. The van der Waals surface area contributed by atoms with Gasteiger partial charge in [0.1, 0.15) is 11.6 Å². The van der Waals surface area contributed by atoms with Crippen molar-refractivity contribution in [3.8, 4) is 0 Å². The summed E-state index contributed by atoms with van der Waals surface area (Å²) in [6, 6.07) is 4.20. The van der Waals surface area contributed by atoms with Gasteiger partial charge in [0.25, 0.3) is 0 Å². The minimum absolute atomic E-state index is 0.148. The predicted molar refractivity (Wildman–Crippen MR) is 145 cm³/mol. The van der Waals surface area contributed by atoms with E-state index in [1.54, 1.807) is 44.3 Å². The highest BCUT2D eigenvalue weighted by Gasteiger charge is 2.53. The molecular formula is C30H43FN2O5. The largest absolute Gasteiger partial charge is 0.392 e. The highest BCUT2D eigenvalue weighted by atomic mass is 19.1. The quantitative estimate of drug-likeness (QED) is 0.381. The van der Waals surface area contributed by atoms with Gasteiger partial charge in [-0.1, -0.05) is 39.3 Å². The molecule has 0 aromatic carbocycles. The Bertz CT molecular complexity index is 1010. The lowest BCUT2D eigenvalue weighted by Gasteiger charge is -2.36. The van der Waals surface area contributed by atoms with Gasteiger partial charge in [0.2, 0.25) is 5.91 Å². The number of rotatable bonds is 5. The third-order valence-corrected chi connectivity index (χ3v) is 8.32. The van der Waals surface area contributed by atoms with Crippen LogP contribution in [0.3, 0.4) is 0 Å². The van der Waals surface area contributed by atoms with Crippen molar-refractivity contribution in [2.24, 2.45) is 17.3 Å². The van der Waals surface area contributed by atoms with Gasteiger partial charge in [0.05, 0.1) is 47.5 Å². The summed E-state index contributed by atoms with van der Waals surface area (Å²) in [5.74, 6) is -2.26. The second kappa shape index (κ2) is 12.6. The van der Waals surface area contributed by atoms with Crippen LogP contribution in [0.25, 0.3) is 6.08 Å². The number of aromatic nitrogens is 1. The molecule has 3 rings (SSSR count). The molecule has 8 heteroatoms. The van der Waals surface area contributed by atoms with Gasteiger partial charge in [0.15, 0.2) is 0 Å². The molecule has 0 spiro atoms. The molecule has 0 aliphatic carbocycles. The van der Waals surface area contributed by atoms with Gasteiger partial charge in [-0.05, 0) is 56.7 Å². The number of aliphatic hydroxyl groups excluding tert-OH is 2. The van der Waals surface area contributed by atoms with Crippen molar-refractivity contribution in [2.45, 2.75) is 103 Å². The first-order valence-electron chi connectivity index (χ1n) is 13.7. The molecule has 0 saturated carbocycles. The molecule has 0 bridgehead atoms. The van der Waals surface area contributed by atoms with Gasteiger partial charge in [0, 0.05) is 18.5 Å². The van der Waals surface area contributed by atoms with E-state index in [1.807, 2.05) is 13.8 Å². The highest BCUT2D eigenvalue weighted by molar-refractivity contribution is 5.88. The van der Waals surface area contributed by atoms with Crippen LogP contribution in [0.15, 0.2) is 42.9 Å². The number of carbonyl (C=O) groups is 2. The van der Waals surface area contributed by atoms with Gasteiger partial charge in [-0.15, -0.1) is 6.58 Å². The smallest absolute Gasteiger partial charge is 0.223 e. The van der Waals surface area contributed by atoms with E-state index in [4.69, 9.17) is 4.74 Å². The Morgan fingerprint density at radius 2 is 2.03 bits per heavy atom. The summed E-state index contributed by atoms with van der Waals surface area (Å²) in [7, 11) is 0. The van der Waals surface area contributed by atoms with Crippen LogP contribution < -0.4 is 5.32 Å². The van der Waals surface area contributed by atoms with Crippen molar-refractivity contribution >= 4 is 17.8 Å². The van der Waals surface area contributed by atoms with Crippen LogP contribution in [-0.2, 0) is 14.3 Å². The molecule has 7 nitrogen and oxygen atoms in total. The number of amides is 1. The standard InChI is InChI=1S/C30H43FN2O5/c1-6-7-13-21-27(36)19(2)11-10-14-30(5)25(38-30)17-23(22(31)16-20-12-8-9-15-32-20)33-26(35)18-24(34)29(3,4)28(21)37/h6,8-9,12,15-16,19,21,23-25,27,34,36H,1,7,10-11,13-14,17-18H2,2-5H3,(H,33,35)/t19-,21+,23-,24-,25?,27+,30?/m0/s1. The van der Waals surface area contributed by atoms with Gasteiger partial charge < -0.3 is 20.3 Å². The lowest BCUT2D eigenvalue weighted by molar-refractivity contribution is -0.144. The topological polar surface area (TPSA) is 112 Å². The predicted octanol–water partition coefficient (Wildman–Crippen LogP) is 4.53. The lowest BCUT2D eigenvalue weighted by atomic mass is 9.71. The number of epoxide rings is 1. The van der Waals surface area contributed by atoms with E-state index in [2.05, 4.69) is 16.9 Å². The third kappa shape index (κ3) is 7.36. The zero-order valence-corrected chi connectivity index (χ0v) is 23.0. The highest BCUT2D eigenvalue weighted by Crippen LogP contribution is 2.44. The van der Waals surface area contributed by atoms with Crippen molar-refractivity contribution in [3.63, 3.8) is 0 Å². The molecule has 1 aromatic rings. The molecular weight excluding hydrogens is 487 g/mol. The minimum Gasteiger partial charge on any atom is -0.392 e. The van der Waals surface area contributed by atoms with Crippen molar-refractivity contribution in [2.75, 3.05) is 0 Å². The van der Waals surface area contributed by atoms with Crippen molar-refractivity contribution < 1.29 is 28.9 Å². The number of hydrogen-bond acceptors (Lipinski definition) is 6. The van der Waals surface area contributed by atoms with Gasteiger partial charge in [-0.25, -0.2) is 4.39 Å². The Kier molecular flexibility index (Phi) is 10.0. The van der Waals surface area contributed by atoms with Crippen LogP contribution in [0.5, 0.6) is 0 Å². The maximum absolute atomic E-state index is 15.4. The number of carbonyl (C=O) groups excluding carboxylic acids is 2. The first kappa shape index (κ1) is 30.1. The van der Waals surface area contributed by atoms with E-state index in [0.29, 0.717) is 25.0 Å². The number of nitrogens with zero attached hydrogens (tertiary/aromatic N) is 1. The maximum atomic E-state index is 15.4. The summed E-state index contributed by atoms with van der Waals surface area (Å²) in [5.41, 5.74) is -1.32. The first-order valence-corrected chi connectivity index (χ1v) is 13.7. The van der Waals surface area contributed by atoms with Crippen LogP contribution in [0.1, 0.15) is 78.3 Å². The van der Waals surface area contributed by atoms with Crippen molar-refractivity contribution in [1.29, 1.82) is 0 Å². The Morgan fingerprint density at radius 1 is 1.29 bits per heavy atom. The second-order valence-electron chi connectivity index (χ2n) is 11.7. The lowest BCUT2D eigenvalue weighted by Crippen LogP contribution is -2.48. The van der Waals surface area contributed by atoms with E-state index in [1.165, 1.54) is 6.08 Å². The number of aliphatic hydroxyl groups is 2. The molecule has 38 heavy (non-hydrogen) atoms. The van der Waals surface area contributed by atoms with Crippen LogP contribution in [-0.4, -0.2) is 56.8 Å². The van der Waals surface area contributed by atoms with E-state index in [-0.39, 0.29) is 30.6 Å². The number of nitrogens with one attached hydrogen (secondary N) is 1. The maximum Gasteiger partial charge on any atom is 0.223 e. The molecule has 3 N–H and O–H groups in total. The molecule has 210 valence electrons. The van der Waals surface area contributed by atoms with Crippen LogP contribution in [0.4, 0.5) is 4.39 Å². The first-order chi connectivity index (χ1) is 17.9. The number of halogens is 1. The summed E-state index contributed by atoms with van der Waals surface area (Å²) in [4.78, 5) is 30.8. The van der Waals surface area contributed by atoms with E-state index < -0.39 is 46.9 Å². The molecule has 2 unspecified atom stereocenters. The number of hydrogen-bond donors (Lipinski definition) is 3. The molecule has 2 saturated heterocycles. The van der Waals surface area contributed by atoms with E-state index in [9.17, 15) is 19.8 Å². The third-order valence-electron chi connectivity index (χ3n) is 8.32. The zero-order valence-electron chi connectivity index (χ0n) is 23.0. The molecule has 7 atom stereocenters. The van der Waals surface area contributed by atoms with Crippen LogP contribution >= 0.6 is 0 Å². The average molecular weight is 531 g/mol. The number of fused-ring (bicyclic) bond motifs is 1. The number of allylic oxidation sites excluding steroid dienone is 1. The fraction of sp³-hybridized carbons (Fsp3) is 0.633. The monoisotopic (exact) mass is 530 g/mol. The Balaban J connectivity index is 1.88. The van der Waals surface area contributed by atoms with Gasteiger partial charge >= 0.3 is 0 Å². The number of ketones is 1. The molecule has 1 amide bonds. The molecule has 1 aromatic heterocycles. The fourth-order valence-corrected chi connectivity index (χ4v) is 5.39. The molecule has 2 aliphatic rings. The second-order valence-corrected chi connectivity index (χ2v) is 11.7. The minimum atomic E-state index is -1.32. The van der Waals surface area contributed by atoms with Crippen LogP contribution in [0, 0.1) is 17.3 Å². The normalized spacial score (nSPS) is 35.2. The summed E-state index contributed by atoms with van der Waals surface area (Å²) < 4.78 is 21.4. The van der Waals surface area contributed by atoms with E-state index >= 15 is 4.39 Å². The number of ether oxygens (including phenoxy) is 1. The SMILES string of the molecule is C=CCC[C@H]1C(=O)C(C)(C)[C@@H](O)CC(=O)N[C@H](C(F)=Cc2ccccn2)CC2OC2(C)CCC[C@H](C)[C@H]1O.